The second-order valence-electron chi connectivity index (χ2n) is 4.54. The fraction of sp³-hybridized carbons (Fsp3) is 0.133. The van der Waals surface area contributed by atoms with E-state index in [0.717, 1.165) is 16.6 Å². The number of nitrogens with one attached hydrogen (secondary N) is 1. The highest BCUT2D eigenvalue weighted by Gasteiger charge is 2.05. The zero-order chi connectivity index (χ0) is 13.2. The number of hydrogen-bond acceptors (Lipinski definition) is 2. The molecule has 3 rings (SSSR count). The van der Waals surface area contributed by atoms with Crippen LogP contribution in [0.4, 0.5) is 10.1 Å². The maximum atomic E-state index is 13.6. The first-order chi connectivity index (χ1) is 9.24. The van der Waals surface area contributed by atoms with Gasteiger partial charge in [-0.1, -0.05) is 12.1 Å². The van der Waals surface area contributed by atoms with Gasteiger partial charge in [0.05, 0.1) is 17.4 Å². The van der Waals surface area contributed by atoms with E-state index in [1.165, 1.54) is 6.07 Å². The van der Waals surface area contributed by atoms with E-state index in [-0.39, 0.29) is 5.82 Å². The average molecular weight is 255 g/mol. The maximum absolute atomic E-state index is 13.6. The van der Waals surface area contributed by atoms with Gasteiger partial charge in [-0.3, -0.25) is 0 Å². The van der Waals surface area contributed by atoms with E-state index in [4.69, 9.17) is 0 Å². The highest BCUT2D eigenvalue weighted by atomic mass is 19.1. The summed E-state index contributed by atoms with van der Waals surface area (Å²) in [5.41, 5.74) is 3.63. The number of rotatable bonds is 3. The van der Waals surface area contributed by atoms with Crippen LogP contribution in [-0.4, -0.2) is 9.61 Å². The molecule has 0 radical (unpaired) electrons. The molecule has 1 aromatic carbocycles. The van der Waals surface area contributed by atoms with E-state index in [1.54, 1.807) is 18.3 Å². The zero-order valence-electron chi connectivity index (χ0n) is 10.6. The summed E-state index contributed by atoms with van der Waals surface area (Å²) in [4.78, 5) is 0. The van der Waals surface area contributed by atoms with Gasteiger partial charge >= 0.3 is 0 Å². The van der Waals surface area contributed by atoms with Gasteiger partial charge in [-0.2, -0.15) is 5.10 Å². The first kappa shape index (κ1) is 11.7. The van der Waals surface area contributed by atoms with Gasteiger partial charge in [0.1, 0.15) is 5.82 Å². The number of nitrogens with zero attached hydrogens (tertiary/aromatic N) is 2. The van der Waals surface area contributed by atoms with Crippen molar-refractivity contribution >= 4 is 11.2 Å². The third-order valence-corrected chi connectivity index (χ3v) is 3.10. The lowest BCUT2D eigenvalue weighted by Crippen LogP contribution is -2.01. The molecule has 0 bridgehead atoms. The molecule has 4 heteroatoms. The van der Waals surface area contributed by atoms with Crippen LogP contribution in [0.3, 0.4) is 0 Å². The molecule has 2 heterocycles. The highest BCUT2D eigenvalue weighted by Crippen LogP contribution is 2.18. The second-order valence-corrected chi connectivity index (χ2v) is 4.54. The van der Waals surface area contributed by atoms with E-state index < -0.39 is 0 Å². The zero-order valence-corrected chi connectivity index (χ0v) is 10.6. The lowest BCUT2D eigenvalue weighted by atomic mass is 10.2. The normalized spacial score (nSPS) is 10.8. The first-order valence-corrected chi connectivity index (χ1v) is 6.15. The second kappa shape index (κ2) is 4.72. The molecule has 0 fully saturated rings. The molecule has 0 aliphatic heterocycles. The summed E-state index contributed by atoms with van der Waals surface area (Å²) in [7, 11) is 0. The van der Waals surface area contributed by atoms with Gasteiger partial charge in [0.2, 0.25) is 0 Å². The Morgan fingerprint density at radius 3 is 3.05 bits per heavy atom. The Morgan fingerprint density at radius 1 is 1.26 bits per heavy atom. The van der Waals surface area contributed by atoms with Crippen LogP contribution in [-0.2, 0) is 6.54 Å². The fourth-order valence-electron chi connectivity index (χ4n) is 2.09. The number of hydrogen-bond donors (Lipinski definition) is 1. The van der Waals surface area contributed by atoms with Crippen LogP contribution in [0.1, 0.15) is 11.1 Å². The number of pyridine rings is 1. The molecule has 0 unspecified atom stereocenters. The Balaban J connectivity index is 1.84. The van der Waals surface area contributed by atoms with Crippen LogP contribution in [0.5, 0.6) is 0 Å². The molecule has 2 aromatic heterocycles. The molecule has 0 atom stereocenters. The smallest absolute Gasteiger partial charge is 0.146 e. The van der Waals surface area contributed by atoms with Crippen molar-refractivity contribution in [3.8, 4) is 0 Å². The van der Waals surface area contributed by atoms with Gasteiger partial charge in [0, 0.05) is 18.3 Å². The van der Waals surface area contributed by atoms with Gasteiger partial charge in [-0.05, 0) is 36.8 Å². The molecule has 96 valence electrons. The van der Waals surface area contributed by atoms with Crippen molar-refractivity contribution in [3.63, 3.8) is 0 Å². The Morgan fingerprint density at radius 2 is 2.16 bits per heavy atom. The van der Waals surface area contributed by atoms with Crippen molar-refractivity contribution in [1.82, 2.24) is 9.61 Å². The standard InChI is InChI=1S/C15H14FN3/c1-11-5-6-13(16)14(8-11)17-9-12-10-18-19-7-3-2-4-15(12)19/h2-8,10,17H,9H2,1H3. The molecule has 0 spiro atoms. The van der Waals surface area contributed by atoms with Crippen LogP contribution in [0.15, 0.2) is 48.8 Å². The number of benzene rings is 1. The minimum atomic E-state index is -0.234. The van der Waals surface area contributed by atoms with E-state index in [0.29, 0.717) is 12.2 Å². The molecule has 0 aliphatic carbocycles. The quantitative estimate of drug-likeness (QED) is 0.777. The largest absolute Gasteiger partial charge is 0.378 e. The summed E-state index contributed by atoms with van der Waals surface area (Å²) in [5.74, 6) is -0.234. The molecule has 1 N–H and O–H groups in total. The highest BCUT2D eigenvalue weighted by molar-refractivity contribution is 5.56. The Hall–Kier alpha value is -2.36. The topological polar surface area (TPSA) is 29.3 Å². The predicted molar refractivity (Wildman–Crippen MR) is 73.7 cm³/mol. The fourth-order valence-corrected chi connectivity index (χ4v) is 2.09. The number of halogens is 1. The summed E-state index contributed by atoms with van der Waals surface area (Å²) in [6.45, 7) is 2.49. The van der Waals surface area contributed by atoms with Gasteiger partial charge in [-0.25, -0.2) is 8.91 Å². The summed E-state index contributed by atoms with van der Waals surface area (Å²) in [5, 5.41) is 7.37. The molecular weight excluding hydrogens is 241 g/mol. The van der Waals surface area contributed by atoms with Crippen molar-refractivity contribution in [1.29, 1.82) is 0 Å². The Labute approximate surface area is 110 Å². The van der Waals surface area contributed by atoms with E-state index in [2.05, 4.69) is 10.4 Å². The maximum Gasteiger partial charge on any atom is 0.146 e. The molecule has 0 amide bonds. The van der Waals surface area contributed by atoms with Crippen LogP contribution in [0.2, 0.25) is 0 Å². The van der Waals surface area contributed by atoms with E-state index in [9.17, 15) is 4.39 Å². The van der Waals surface area contributed by atoms with Gasteiger partial charge in [0.25, 0.3) is 0 Å². The first-order valence-electron chi connectivity index (χ1n) is 6.15. The van der Waals surface area contributed by atoms with Crippen molar-refractivity contribution in [2.24, 2.45) is 0 Å². The summed E-state index contributed by atoms with van der Waals surface area (Å²) >= 11 is 0. The van der Waals surface area contributed by atoms with Crippen LogP contribution < -0.4 is 5.32 Å². The third kappa shape index (κ3) is 2.29. The summed E-state index contributed by atoms with van der Waals surface area (Å²) in [6, 6.07) is 10.9. The molecule has 0 saturated carbocycles. The van der Waals surface area contributed by atoms with Crippen molar-refractivity contribution in [3.05, 3.63) is 65.7 Å². The Kier molecular flexibility index (Phi) is 2.91. The SMILES string of the molecule is Cc1ccc(F)c(NCc2cnn3ccccc23)c1. The van der Waals surface area contributed by atoms with Crippen LogP contribution >= 0.6 is 0 Å². The van der Waals surface area contributed by atoms with Crippen LogP contribution in [0.25, 0.3) is 5.52 Å². The number of aryl methyl sites for hydroxylation is 1. The van der Waals surface area contributed by atoms with Crippen molar-refractivity contribution in [2.45, 2.75) is 13.5 Å². The molecule has 19 heavy (non-hydrogen) atoms. The molecule has 0 aliphatic rings. The van der Waals surface area contributed by atoms with Crippen molar-refractivity contribution < 1.29 is 4.39 Å². The molecular formula is C15H14FN3. The van der Waals surface area contributed by atoms with Crippen molar-refractivity contribution in [2.75, 3.05) is 5.32 Å². The average Bonchev–Trinajstić information content (AvgIpc) is 2.83. The minimum Gasteiger partial charge on any atom is -0.378 e. The number of aromatic nitrogens is 2. The molecule has 3 aromatic rings. The van der Waals surface area contributed by atoms with Crippen LogP contribution in [0, 0.1) is 12.7 Å². The Bertz CT molecular complexity index is 718. The summed E-state index contributed by atoms with van der Waals surface area (Å²) in [6.07, 6.45) is 3.70. The van der Waals surface area contributed by atoms with Gasteiger partial charge in [0.15, 0.2) is 0 Å². The predicted octanol–water partition coefficient (Wildman–Crippen LogP) is 3.39. The molecule has 0 saturated heterocycles. The monoisotopic (exact) mass is 255 g/mol. The van der Waals surface area contributed by atoms with Gasteiger partial charge in [-0.15, -0.1) is 0 Å². The van der Waals surface area contributed by atoms with Gasteiger partial charge < -0.3 is 5.32 Å². The minimum absolute atomic E-state index is 0.234. The third-order valence-electron chi connectivity index (χ3n) is 3.10. The lowest BCUT2D eigenvalue weighted by molar-refractivity contribution is 0.629. The summed E-state index contributed by atoms with van der Waals surface area (Å²) < 4.78 is 15.4. The number of anilines is 1. The lowest BCUT2D eigenvalue weighted by Gasteiger charge is -2.07. The molecule has 3 nitrogen and oxygen atoms in total. The van der Waals surface area contributed by atoms with E-state index in [1.807, 2.05) is 35.8 Å². The van der Waals surface area contributed by atoms with E-state index >= 15 is 0 Å². The number of fused-ring (bicyclic) bond motifs is 1.